The second-order valence-corrected chi connectivity index (χ2v) is 5.98. The van der Waals surface area contributed by atoms with E-state index in [2.05, 4.69) is 0 Å². The highest BCUT2D eigenvalue weighted by Crippen LogP contribution is 2.28. The van der Waals surface area contributed by atoms with E-state index >= 15 is 0 Å². The third-order valence-electron chi connectivity index (χ3n) is 3.99. The number of alkyl halides is 1. The van der Waals surface area contributed by atoms with Gasteiger partial charge in [0.15, 0.2) is 0 Å². The number of carboxylic acid groups (broad SMARTS) is 2. The van der Waals surface area contributed by atoms with Crippen molar-refractivity contribution in [2.24, 2.45) is 5.73 Å². The molecule has 0 radical (unpaired) electrons. The monoisotopic (exact) mass is 325 g/mol. The van der Waals surface area contributed by atoms with Gasteiger partial charge in [-0.3, -0.25) is 9.59 Å². The third-order valence-corrected chi connectivity index (χ3v) is 3.99. The summed E-state index contributed by atoms with van der Waals surface area (Å²) in [5.41, 5.74) is 4.89. The van der Waals surface area contributed by atoms with E-state index in [1.165, 1.54) is 0 Å². The zero-order chi connectivity index (χ0) is 17.0. The lowest BCUT2D eigenvalue weighted by Crippen LogP contribution is -2.50. The second-order valence-electron chi connectivity index (χ2n) is 5.98. The van der Waals surface area contributed by atoms with Crippen molar-refractivity contribution in [3.8, 4) is 5.75 Å². The number of benzene rings is 1. The van der Waals surface area contributed by atoms with E-state index in [4.69, 9.17) is 15.6 Å². The molecule has 2 rings (SSSR count). The summed E-state index contributed by atoms with van der Waals surface area (Å²) < 4.78 is 18.3. The zero-order valence-electron chi connectivity index (χ0n) is 12.6. The fourth-order valence-electron chi connectivity index (χ4n) is 2.44. The van der Waals surface area contributed by atoms with Gasteiger partial charge in [-0.1, -0.05) is 12.1 Å². The maximum absolute atomic E-state index is 12.7. The minimum atomic E-state index is -1.63. The standard InChI is InChI=1S/C16H20FNO5/c17-11-7-13(8-11)23-12-3-1-10(2-4-12)9-16(18,15(21)22)6-5-14(19)20/h1-4,11,13H,5-9,18H2,(H,19,20)(H,21,22)/t11?,13?,16-/m0/s1. The molecular weight excluding hydrogens is 305 g/mol. The smallest absolute Gasteiger partial charge is 0.324 e. The molecule has 4 N–H and O–H groups in total. The number of carboxylic acids is 2. The molecule has 0 spiro atoms. The van der Waals surface area contributed by atoms with Gasteiger partial charge in [0.2, 0.25) is 0 Å². The molecule has 0 bridgehead atoms. The zero-order valence-corrected chi connectivity index (χ0v) is 12.6. The van der Waals surface area contributed by atoms with E-state index in [1.807, 2.05) is 0 Å². The molecule has 1 aromatic rings. The SMILES string of the molecule is N[C@@](CCC(=O)O)(Cc1ccc(OC2CC(F)C2)cc1)C(=O)O. The van der Waals surface area contributed by atoms with E-state index in [9.17, 15) is 19.1 Å². The largest absolute Gasteiger partial charge is 0.490 e. The number of rotatable bonds is 8. The van der Waals surface area contributed by atoms with Crippen LogP contribution in [0.4, 0.5) is 4.39 Å². The molecule has 23 heavy (non-hydrogen) atoms. The molecule has 1 aromatic carbocycles. The highest BCUT2D eigenvalue weighted by atomic mass is 19.1. The van der Waals surface area contributed by atoms with Crippen LogP contribution in [0.3, 0.4) is 0 Å². The Morgan fingerprint density at radius 3 is 2.35 bits per heavy atom. The van der Waals surface area contributed by atoms with Crippen molar-refractivity contribution in [3.63, 3.8) is 0 Å². The van der Waals surface area contributed by atoms with Crippen molar-refractivity contribution in [3.05, 3.63) is 29.8 Å². The molecule has 0 heterocycles. The Morgan fingerprint density at radius 1 is 1.26 bits per heavy atom. The van der Waals surface area contributed by atoms with Gasteiger partial charge in [0.05, 0.1) is 0 Å². The molecule has 126 valence electrons. The summed E-state index contributed by atoms with van der Waals surface area (Å²) in [5.74, 6) is -1.73. The number of halogens is 1. The first kappa shape index (κ1) is 17.2. The van der Waals surface area contributed by atoms with Gasteiger partial charge in [0.25, 0.3) is 0 Å². The minimum Gasteiger partial charge on any atom is -0.490 e. The third kappa shape index (κ3) is 4.66. The fraction of sp³-hybridized carbons (Fsp3) is 0.500. The molecule has 1 aliphatic carbocycles. The lowest BCUT2D eigenvalue weighted by molar-refractivity contribution is -0.144. The quantitative estimate of drug-likeness (QED) is 0.672. The fourth-order valence-corrected chi connectivity index (χ4v) is 2.44. The maximum Gasteiger partial charge on any atom is 0.324 e. The molecule has 1 fully saturated rings. The van der Waals surface area contributed by atoms with Crippen LogP contribution in [0.2, 0.25) is 0 Å². The van der Waals surface area contributed by atoms with Gasteiger partial charge in [0.1, 0.15) is 23.6 Å². The highest BCUT2D eigenvalue weighted by Gasteiger charge is 2.34. The van der Waals surface area contributed by atoms with Crippen LogP contribution in [0.25, 0.3) is 0 Å². The second kappa shape index (κ2) is 6.95. The van der Waals surface area contributed by atoms with E-state index in [-0.39, 0.29) is 25.4 Å². The van der Waals surface area contributed by atoms with Crippen molar-refractivity contribution in [1.29, 1.82) is 0 Å². The molecule has 0 saturated heterocycles. The highest BCUT2D eigenvalue weighted by molar-refractivity contribution is 5.80. The molecule has 1 saturated carbocycles. The van der Waals surface area contributed by atoms with Crippen LogP contribution in [0.1, 0.15) is 31.2 Å². The van der Waals surface area contributed by atoms with Crippen LogP contribution < -0.4 is 10.5 Å². The van der Waals surface area contributed by atoms with Gasteiger partial charge in [-0.2, -0.15) is 0 Å². The van der Waals surface area contributed by atoms with Crippen molar-refractivity contribution in [2.45, 2.75) is 49.9 Å². The van der Waals surface area contributed by atoms with Crippen molar-refractivity contribution in [1.82, 2.24) is 0 Å². The predicted molar refractivity (Wildman–Crippen MR) is 80.1 cm³/mol. The van der Waals surface area contributed by atoms with Crippen LogP contribution in [-0.2, 0) is 16.0 Å². The van der Waals surface area contributed by atoms with Crippen LogP contribution in [0.15, 0.2) is 24.3 Å². The maximum atomic E-state index is 12.7. The first-order valence-corrected chi connectivity index (χ1v) is 7.42. The van der Waals surface area contributed by atoms with Gasteiger partial charge >= 0.3 is 11.9 Å². The van der Waals surface area contributed by atoms with Gasteiger partial charge in [-0.05, 0) is 24.1 Å². The Morgan fingerprint density at radius 2 is 1.87 bits per heavy atom. The lowest BCUT2D eigenvalue weighted by atomic mass is 9.87. The summed E-state index contributed by atoms with van der Waals surface area (Å²) in [6.45, 7) is 0. The summed E-state index contributed by atoms with van der Waals surface area (Å²) in [5, 5.41) is 18.0. The first-order valence-electron chi connectivity index (χ1n) is 7.42. The number of carbonyl (C=O) groups is 2. The van der Waals surface area contributed by atoms with Crippen LogP contribution in [0, 0.1) is 0 Å². The average Bonchev–Trinajstić information content (AvgIpc) is 2.45. The summed E-state index contributed by atoms with van der Waals surface area (Å²) in [6, 6.07) is 6.74. The molecule has 7 heteroatoms. The summed E-state index contributed by atoms with van der Waals surface area (Å²) >= 11 is 0. The Kier molecular flexibility index (Phi) is 5.20. The van der Waals surface area contributed by atoms with E-state index in [0.29, 0.717) is 24.2 Å². The Balaban J connectivity index is 1.97. The van der Waals surface area contributed by atoms with Crippen molar-refractivity contribution < 1.29 is 28.9 Å². The van der Waals surface area contributed by atoms with Crippen molar-refractivity contribution in [2.75, 3.05) is 0 Å². The van der Waals surface area contributed by atoms with E-state index in [1.54, 1.807) is 24.3 Å². The van der Waals surface area contributed by atoms with E-state index in [0.717, 1.165) is 0 Å². The van der Waals surface area contributed by atoms with Gasteiger partial charge in [0, 0.05) is 25.7 Å². The van der Waals surface area contributed by atoms with Gasteiger partial charge < -0.3 is 20.7 Å². The number of ether oxygens (including phenoxy) is 1. The van der Waals surface area contributed by atoms with Crippen LogP contribution >= 0.6 is 0 Å². The van der Waals surface area contributed by atoms with E-state index < -0.39 is 23.6 Å². The number of hydrogen-bond donors (Lipinski definition) is 3. The molecule has 0 unspecified atom stereocenters. The van der Waals surface area contributed by atoms with Crippen molar-refractivity contribution >= 4 is 11.9 Å². The molecule has 0 aliphatic heterocycles. The Bertz CT molecular complexity index is 570. The Hall–Kier alpha value is -2.15. The normalized spacial score (nSPS) is 22.7. The van der Waals surface area contributed by atoms with Gasteiger partial charge in [-0.15, -0.1) is 0 Å². The number of aliphatic carboxylic acids is 2. The summed E-state index contributed by atoms with van der Waals surface area (Å²) in [6.07, 6.45) is -0.567. The summed E-state index contributed by atoms with van der Waals surface area (Å²) in [4.78, 5) is 22.0. The molecule has 1 aliphatic rings. The summed E-state index contributed by atoms with van der Waals surface area (Å²) in [7, 11) is 0. The van der Waals surface area contributed by atoms with Crippen LogP contribution in [-0.4, -0.2) is 40.0 Å². The first-order chi connectivity index (χ1) is 10.8. The minimum absolute atomic E-state index is 0.0197. The molecule has 1 atom stereocenters. The Labute approximate surface area is 133 Å². The topological polar surface area (TPSA) is 110 Å². The molecule has 0 aromatic heterocycles. The number of hydrogen-bond acceptors (Lipinski definition) is 4. The molecule has 0 amide bonds. The predicted octanol–water partition coefficient (Wildman–Crippen LogP) is 1.76. The molecular formula is C16H20FNO5. The number of nitrogens with two attached hydrogens (primary N) is 1. The average molecular weight is 325 g/mol. The van der Waals surface area contributed by atoms with Crippen LogP contribution in [0.5, 0.6) is 5.75 Å². The lowest BCUT2D eigenvalue weighted by Gasteiger charge is -2.30. The molecule has 6 nitrogen and oxygen atoms in total. The van der Waals surface area contributed by atoms with Gasteiger partial charge in [-0.25, -0.2) is 4.39 Å².